The first kappa shape index (κ1) is 15.0. The molecule has 0 bridgehead atoms. The molecule has 0 unspecified atom stereocenters. The van der Waals surface area contributed by atoms with Crippen LogP contribution in [0.3, 0.4) is 0 Å². The van der Waals surface area contributed by atoms with E-state index in [0.717, 1.165) is 0 Å². The summed E-state index contributed by atoms with van der Waals surface area (Å²) in [6.07, 6.45) is 12.5. The van der Waals surface area contributed by atoms with Crippen LogP contribution in [0.15, 0.2) is 48.1 Å². The third kappa shape index (κ3) is 8.95. The highest BCUT2D eigenvalue weighted by atomic mass is 16.5. The van der Waals surface area contributed by atoms with Crippen LogP contribution >= 0.6 is 0 Å². The summed E-state index contributed by atoms with van der Waals surface area (Å²) in [4.78, 5) is 11.2. The maximum Gasteiger partial charge on any atom is 0.333 e. The van der Waals surface area contributed by atoms with Crippen LogP contribution in [-0.2, 0) is 9.53 Å². The third-order valence-electron chi connectivity index (χ3n) is 1.83. The topological polar surface area (TPSA) is 26.3 Å². The molecule has 0 atom stereocenters. The minimum Gasteiger partial charge on any atom is -0.458 e. The van der Waals surface area contributed by atoms with Crippen molar-refractivity contribution in [2.75, 3.05) is 6.61 Å². The molecule has 0 heterocycles. The van der Waals surface area contributed by atoms with Crippen LogP contribution in [0.4, 0.5) is 0 Å². The largest absolute Gasteiger partial charge is 0.458 e. The van der Waals surface area contributed by atoms with Gasteiger partial charge in [-0.3, -0.25) is 0 Å². The average molecular weight is 230 g/mol. The quantitative estimate of drug-likeness (QED) is 0.321. The molecule has 0 aromatic rings. The zero-order valence-corrected chi connectivity index (χ0v) is 10.6. The summed E-state index contributed by atoms with van der Waals surface area (Å²) in [6, 6.07) is 0. The van der Waals surface area contributed by atoms with Crippen molar-refractivity contribution in [2.45, 2.75) is 20.8 Å². The van der Waals surface area contributed by atoms with Gasteiger partial charge in [-0.2, -0.15) is 0 Å². The van der Waals surface area contributed by atoms with E-state index < -0.39 is 0 Å². The molecule has 0 spiro atoms. The first-order valence-electron chi connectivity index (χ1n) is 5.46. The zero-order chi connectivity index (χ0) is 12.9. The first-order valence-corrected chi connectivity index (χ1v) is 5.46. The minimum atomic E-state index is -0.293. The van der Waals surface area contributed by atoms with E-state index in [1.807, 2.05) is 25.2 Å². The third-order valence-corrected chi connectivity index (χ3v) is 1.83. The van der Waals surface area contributed by atoms with E-state index in [4.69, 9.17) is 4.74 Å². The van der Waals surface area contributed by atoms with Gasteiger partial charge >= 0.3 is 5.97 Å². The van der Waals surface area contributed by atoms with Gasteiger partial charge in [-0.1, -0.05) is 36.1 Å². The number of allylic oxidation sites excluding steroid dienone is 6. The lowest BCUT2D eigenvalue weighted by atomic mass is 10.3. The Morgan fingerprint density at radius 3 is 2.53 bits per heavy atom. The number of carbonyl (C=O) groups excluding carboxylic acids is 1. The SMILES string of the molecule is CC=CC=CC#CC=CCOC(=O)C(C)=CC. The average Bonchev–Trinajstić information content (AvgIpc) is 2.35. The molecule has 0 saturated carbocycles. The zero-order valence-electron chi connectivity index (χ0n) is 10.6. The summed E-state index contributed by atoms with van der Waals surface area (Å²) < 4.78 is 4.95. The molecule has 0 aliphatic rings. The number of ether oxygens (including phenoxy) is 1. The molecule has 0 saturated heterocycles. The van der Waals surface area contributed by atoms with Crippen molar-refractivity contribution in [3.05, 3.63) is 48.1 Å². The van der Waals surface area contributed by atoms with Crippen molar-refractivity contribution in [1.82, 2.24) is 0 Å². The predicted molar refractivity (Wildman–Crippen MR) is 71.3 cm³/mol. The van der Waals surface area contributed by atoms with Crippen LogP contribution < -0.4 is 0 Å². The molecule has 0 aromatic carbocycles. The van der Waals surface area contributed by atoms with Crippen molar-refractivity contribution < 1.29 is 9.53 Å². The van der Waals surface area contributed by atoms with E-state index in [0.29, 0.717) is 5.57 Å². The van der Waals surface area contributed by atoms with Gasteiger partial charge in [0.2, 0.25) is 0 Å². The first-order chi connectivity index (χ1) is 8.22. The second-order valence-electron chi connectivity index (χ2n) is 3.15. The van der Waals surface area contributed by atoms with E-state index in [2.05, 4.69) is 11.8 Å². The number of esters is 1. The Bertz CT molecular complexity index is 398. The van der Waals surface area contributed by atoms with E-state index in [1.54, 1.807) is 38.2 Å². The number of rotatable bonds is 4. The molecule has 17 heavy (non-hydrogen) atoms. The molecule has 2 heteroatoms. The van der Waals surface area contributed by atoms with Gasteiger partial charge in [-0.15, -0.1) is 0 Å². The number of hydrogen-bond acceptors (Lipinski definition) is 2. The summed E-state index contributed by atoms with van der Waals surface area (Å²) in [7, 11) is 0. The predicted octanol–water partition coefficient (Wildman–Crippen LogP) is 3.19. The smallest absolute Gasteiger partial charge is 0.333 e. The summed E-state index contributed by atoms with van der Waals surface area (Å²) in [5.41, 5.74) is 0.610. The number of hydrogen-bond donors (Lipinski definition) is 0. The summed E-state index contributed by atoms with van der Waals surface area (Å²) in [5, 5.41) is 0. The van der Waals surface area contributed by atoms with Gasteiger partial charge in [0.05, 0.1) is 0 Å². The van der Waals surface area contributed by atoms with Crippen LogP contribution in [0.5, 0.6) is 0 Å². The van der Waals surface area contributed by atoms with Gasteiger partial charge in [0, 0.05) is 5.57 Å². The molecule has 0 aromatic heterocycles. The molecule has 0 fully saturated rings. The van der Waals surface area contributed by atoms with Crippen molar-refractivity contribution in [2.24, 2.45) is 0 Å². The number of carbonyl (C=O) groups is 1. The van der Waals surface area contributed by atoms with E-state index in [-0.39, 0.29) is 12.6 Å². The van der Waals surface area contributed by atoms with E-state index in [1.165, 1.54) is 0 Å². The highest BCUT2D eigenvalue weighted by molar-refractivity contribution is 5.87. The van der Waals surface area contributed by atoms with Gasteiger partial charge in [-0.25, -0.2) is 4.79 Å². The standard InChI is InChI=1S/C15H18O2/c1-4-6-7-8-9-10-11-12-13-17-15(16)14(3)5-2/h4-8,11-12H,13H2,1-3H3. The Balaban J connectivity index is 3.86. The van der Waals surface area contributed by atoms with Crippen molar-refractivity contribution >= 4 is 5.97 Å². The molecule has 0 radical (unpaired) electrons. The van der Waals surface area contributed by atoms with Crippen molar-refractivity contribution in [3.8, 4) is 11.8 Å². The van der Waals surface area contributed by atoms with Crippen molar-refractivity contribution in [1.29, 1.82) is 0 Å². The summed E-state index contributed by atoms with van der Waals surface area (Å²) >= 11 is 0. The van der Waals surface area contributed by atoms with Gasteiger partial charge in [0.25, 0.3) is 0 Å². The molecule has 0 amide bonds. The monoisotopic (exact) mass is 230 g/mol. The van der Waals surface area contributed by atoms with Crippen LogP contribution in [0.1, 0.15) is 20.8 Å². The highest BCUT2D eigenvalue weighted by Gasteiger charge is 2.01. The van der Waals surface area contributed by atoms with Gasteiger partial charge in [0.1, 0.15) is 6.61 Å². The molecular formula is C15H18O2. The van der Waals surface area contributed by atoms with Gasteiger partial charge < -0.3 is 4.74 Å². The second-order valence-corrected chi connectivity index (χ2v) is 3.15. The van der Waals surface area contributed by atoms with E-state index >= 15 is 0 Å². The fraction of sp³-hybridized carbons (Fsp3) is 0.267. The normalized spacial score (nSPS) is 12.1. The van der Waals surface area contributed by atoms with Crippen LogP contribution in [-0.4, -0.2) is 12.6 Å². The lowest BCUT2D eigenvalue weighted by molar-refractivity contribution is -0.137. The fourth-order valence-corrected chi connectivity index (χ4v) is 0.774. The maximum absolute atomic E-state index is 11.2. The fourth-order valence-electron chi connectivity index (χ4n) is 0.774. The molecular weight excluding hydrogens is 212 g/mol. The molecule has 0 N–H and O–H groups in total. The van der Waals surface area contributed by atoms with Crippen LogP contribution in [0, 0.1) is 11.8 Å². The van der Waals surface area contributed by atoms with Crippen LogP contribution in [0.2, 0.25) is 0 Å². The van der Waals surface area contributed by atoms with Crippen molar-refractivity contribution in [3.63, 3.8) is 0 Å². The molecule has 0 rings (SSSR count). The Hall–Kier alpha value is -2.01. The highest BCUT2D eigenvalue weighted by Crippen LogP contribution is 1.95. The van der Waals surface area contributed by atoms with Gasteiger partial charge in [-0.05, 0) is 39.0 Å². The summed E-state index contributed by atoms with van der Waals surface area (Å²) in [5.74, 6) is 5.33. The molecule has 2 nitrogen and oxygen atoms in total. The van der Waals surface area contributed by atoms with E-state index in [9.17, 15) is 4.79 Å². The Kier molecular flexibility index (Phi) is 9.26. The molecule has 90 valence electrons. The molecule has 0 aliphatic carbocycles. The maximum atomic E-state index is 11.2. The van der Waals surface area contributed by atoms with Gasteiger partial charge in [0.15, 0.2) is 0 Å². The summed E-state index contributed by atoms with van der Waals surface area (Å²) in [6.45, 7) is 5.71. The minimum absolute atomic E-state index is 0.247. The Labute approximate surface area is 103 Å². The van der Waals surface area contributed by atoms with Crippen LogP contribution in [0.25, 0.3) is 0 Å². The Morgan fingerprint density at radius 1 is 1.18 bits per heavy atom. The lowest BCUT2D eigenvalue weighted by Gasteiger charge is -1.99. The Morgan fingerprint density at radius 2 is 1.88 bits per heavy atom. The second kappa shape index (κ2) is 10.5. The molecule has 0 aliphatic heterocycles. The lowest BCUT2D eigenvalue weighted by Crippen LogP contribution is -2.05.